The summed E-state index contributed by atoms with van der Waals surface area (Å²) < 4.78 is 3.53. The highest BCUT2D eigenvalue weighted by atomic mass is 16.2. The monoisotopic (exact) mass is 311 g/mol. The smallest absolute Gasteiger partial charge is 0.275 e. The molecule has 0 aliphatic heterocycles. The lowest BCUT2D eigenvalue weighted by molar-refractivity contribution is 0.101. The van der Waals surface area contributed by atoms with E-state index < -0.39 is 0 Å². The van der Waals surface area contributed by atoms with Crippen LogP contribution >= 0.6 is 0 Å². The zero-order valence-electron chi connectivity index (χ0n) is 12.8. The van der Waals surface area contributed by atoms with Gasteiger partial charge in [0, 0.05) is 18.7 Å². The first-order valence-corrected chi connectivity index (χ1v) is 7.81. The van der Waals surface area contributed by atoms with Crippen molar-refractivity contribution in [2.75, 3.05) is 5.32 Å². The molecule has 8 nitrogen and oxygen atoms in total. The molecule has 1 saturated carbocycles. The largest absolute Gasteiger partial charge is 0.319 e. The van der Waals surface area contributed by atoms with Gasteiger partial charge in [-0.1, -0.05) is 11.6 Å². The number of aromatic nitrogens is 6. The Morgan fingerprint density at radius 2 is 2.22 bits per heavy atom. The van der Waals surface area contributed by atoms with E-state index in [4.69, 9.17) is 0 Å². The molecular formula is C15H17N7O. The van der Waals surface area contributed by atoms with Crippen molar-refractivity contribution in [2.45, 2.75) is 38.6 Å². The molecule has 4 rings (SSSR count). The Bertz CT molecular complexity index is 862. The predicted molar refractivity (Wildman–Crippen MR) is 83.2 cm³/mol. The van der Waals surface area contributed by atoms with Crippen LogP contribution in [0.25, 0.3) is 5.65 Å². The summed E-state index contributed by atoms with van der Waals surface area (Å²) in [6.07, 6.45) is 6.89. The second-order valence-electron chi connectivity index (χ2n) is 5.72. The molecule has 118 valence electrons. The number of nitrogens with one attached hydrogen (secondary N) is 1. The first-order chi connectivity index (χ1) is 11.3. The fourth-order valence-electron chi connectivity index (χ4n) is 2.79. The normalized spacial score (nSPS) is 14.8. The Kier molecular flexibility index (Phi) is 3.29. The average molecular weight is 311 g/mol. The number of hydrogen-bond donors (Lipinski definition) is 1. The van der Waals surface area contributed by atoms with Gasteiger partial charge in [-0.25, -0.2) is 4.68 Å². The van der Waals surface area contributed by atoms with Crippen LogP contribution in [0.1, 0.15) is 48.4 Å². The van der Waals surface area contributed by atoms with Crippen molar-refractivity contribution >= 4 is 17.2 Å². The van der Waals surface area contributed by atoms with Crippen LogP contribution in [-0.4, -0.2) is 35.5 Å². The van der Waals surface area contributed by atoms with Gasteiger partial charge >= 0.3 is 0 Å². The Balaban J connectivity index is 1.62. The van der Waals surface area contributed by atoms with Crippen LogP contribution in [0.5, 0.6) is 0 Å². The summed E-state index contributed by atoms with van der Waals surface area (Å²) in [7, 11) is 0. The van der Waals surface area contributed by atoms with Gasteiger partial charge in [-0.05, 0) is 31.9 Å². The predicted octanol–water partition coefficient (Wildman–Crippen LogP) is 1.86. The zero-order valence-corrected chi connectivity index (χ0v) is 12.8. The molecule has 1 N–H and O–H groups in total. The summed E-state index contributed by atoms with van der Waals surface area (Å²) in [5, 5.41) is 19.0. The van der Waals surface area contributed by atoms with Crippen molar-refractivity contribution in [2.24, 2.45) is 0 Å². The number of nitrogens with zero attached hydrogens (tertiary/aromatic N) is 6. The molecule has 0 aromatic carbocycles. The van der Waals surface area contributed by atoms with Crippen LogP contribution in [0.2, 0.25) is 0 Å². The summed E-state index contributed by atoms with van der Waals surface area (Å²) in [4.78, 5) is 12.4. The molecule has 1 fully saturated rings. The van der Waals surface area contributed by atoms with Gasteiger partial charge in [0.05, 0.1) is 11.9 Å². The van der Waals surface area contributed by atoms with Crippen LogP contribution in [0, 0.1) is 0 Å². The van der Waals surface area contributed by atoms with E-state index in [0.29, 0.717) is 23.8 Å². The first kappa shape index (κ1) is 13.9. The SMILES string of the molecule is CCn1nncc1C(=O)Nc1ccc2nnc(C3CCC3)n2c1. The number of pyridine rings is 1. The standard InChI is InChI=1S/C15H17N7O/c1-2-22-12(8-16-20-22)15(23)17-11-6-7-13-18-19-14(21(13)9-11)10-4-3-5-10/h6-10H,2-5H2,1H3,(H,17,23). The van der Waals surface area contributed by atoms with Crippen molar-refractivity contribution in [1.29, 1.82) is 0 Å². The number of rotatable bonds is 4. The summed E-state index contributed by atoms with van der Waals surface area (Å²) >= 11 is 0. The van der Waals surface area contributed by atoms with Gasteiger partial charge in [0.2, 0.25) is 0 Å². The third-order valence-corrected chi connectivity index (χ3v) is 4.31. The van der Waals surface area contributed by atoms with E-state index in [1.165, 1.54) is 12.6 Å². The van der Waals surface area contributed by atoms with E-state index in [0.717, 1.165) is 24.3 Å². The van der Waals surface area contributed by atoms with Crippen molar-refractivity contribution < 1.29 is 4.79 Å². The minimum atomic E-state index is -0.227. The van der Waals surface area contributed by atoms with Gasteiger partial charge in [0.25, 0.3) is 5.91 Å². The topological polar surface area (TPSA) is 90.0 Å². The number of anilines is 1. The van der Waals surface area contributed by atoms with E-state index in [1.54, 1.807) is 4.68 Å². The summed E-state index contributed by atoms with van der Waals surface area (Å²) in [5.74, 6) is 1.22. The molecule has 0 bridgehead atoms. The molecule has 1 aliphatic carbocycles. The van der Waals surface area contributed by atoms with Crippen molar-refractivity contribution in [3.05, 3.63) is 36.0 Å². The number of aryl methyl sites for hydroxylation is 1. The minimum absolute atomic E-state index is 0.227. The molecule has 3 heterocycles. The maximum absolute atomic E-state index is 12.4. The fourth-order valence-corrected chi connectivity index (χ4v) is 2.79. The molecule has 0 spiro atoms. The van der Waals surface area contributed by atoms with Gasteiger partial charge in [-0.3, -0.25) is 9.20 Å². The van der Waals surface area contributed by atoms with E-state index in [-0.39, 0.29) is 5.91 Å². The molecule has 1 aliphatic rings. The van der Waals surface area contributed by atoms with E-state index >= 15 is 0 Å². The fraction of sp³-hybridized carbons (Fsp3) is 0.400. The summed E-state index contributed by atoms with van der Waals surface area (Å²) in [6.45, 7) is 2.51. The quantitative estimate of drug-likeness (QED) is 0.794. The lowest BCUT2D eigenvalue weighted by Gasteiger charge is -2.23. The summed E-state index contributed by atoms with van der Waals surface area (Å²) in [6, 6.07) is 3.69. The van der Waals surface area contributed by atoms with Gasteiger partial charge in [-0.15, -0.1) is 15.3 Å². The number of carbonyl (C=O) groups is 1. The molecule has 1 amide bonds. The Hall–Kier alpha value is -2.77. The van der Waals surface area contributed by atoms with E-state index in [2.05, 4.69) is 25.8 Å². The van der Waals surface area contributed by atoms with Crippen LogP contribution < -0.4 is 5.32 Å². The van der Waals surface area contributed by atoms with E-state index in [9.17, 15) is 4.79 Å². The van der Waals surface area contributed by atoms with Gasteiger partial charge in [0.1, 0.15) is 11.5 Å². The van der Waals surface area contributed by atoms with Crippen LogP contribution in [0.4, 0.5) is 5.69 Å². The molecule has 23 heavy (non-hydrogen) atoms. The molecule has 0 saturated heterocycles. The van der Waals surface area contributed by atoms with E-state index in [1.807, 2.05) is 29.7 Å². The molecular weight excluding hydrogens is 294 g/mol. The second kappa shape index (κ2) is 5.45. The highest BCUT2D eigenvalue weighted by molar-refractivity contribution is 6.02. The Labute approximate surface area is 132 Å². The number of fused-ring (bicyclic) bond motifs is 1. The van der Waals surface area contributed by atoms with Gasteiger partial charge in [0.15, 0.2) is 5.65 Å². The zero-order chi connectivity index (χ0) is 15.8. The Morgan fingerprint density at radius 1 is 1.35 bits per heavy atom. The van der Waals surface area contributed by atoms with Gasteiger partial charge < -0.3 is 5.32 Å². The number of amides is 1. The molecule has 0 unspecified atom stereocenters. The third kappa shape index (κ3) is 2.36. The average Bonchev–Trinajstić information content (AvgIpc) is 3.12. The minimum Gasteiger partial charge on any atom is -0.319 e. The third-order valence-electron chi connectivity index (χ3n) is 4.31. The van der Waals surface area contributed by atoms with Crippen LogP contribution in [-0.2, 0) is 6.54 Å². The highest BCUT2D eigenvalue weighted by Gasteiger charge is 2.24. The highest BCUT2D eigenvalue weighted by Crippen LogP contribution is 2.35. The first-order valence-electron chi connectivity index (χ1n) is 7.81. The van der Waals surface area contributed by atoms with Crippen LogP contribution in [0.3, 0.4) is 0 Å². The maximum Gasteiger partial charge on any atom is 0.275 e. The number of hydrogen-bond acceptors (Lipinski definition) is 5. The molecule has 8 heteroatoms. The molecule has 0 atom stereocenters. The Morgan fingerprint density at radius 3 is 2.96 bits per heavy atom. The summed E-state index contributed by atoms with van der Waals surface area (Å²) in [5.41, 5.74) is 1.94. The molecule has 3 aromatic heterocycles. The van der Waals surface area contributed by atoms with Crippen molar-refractivity contribution in [1.82, 2.24) is 29.6 Å². The maximum atomic E-state index is 12.4. The van der Waals surface area contributed by atoms with Crippen LogP contribution in [0.15, 0.2) is 24.5 Å². The molecule has 0 radical (unpaired) electrons. The molecule has 3 aromatic rings. The van der Waals surface area contributed by atoms with Crippen molar-refractivity contribution in [3.8, 4) is 0 Å². The lowest BCUT2D eigenvalue weighted by atomic mass is 9.85. The van der Waals surface area contributed by atoms with Crippen molar-refractivity contribution in [3.63, 3.8) is 0 Å². The van der Waals surface area contributed by atoms with Gasteiger partial charge in [-0.2, -0.15) is 0 Å². The lowest BCUT2D eigenvalue weighted by Crippen LogP contribution is -2.18. The second-order valence-corrected chi connectivity index (χ2v) is 5.72. The number of carbonyl (C=O) groups excluding carboxylic acids is 1.